The van der Waals surface area contributed by atoms with Crippen LogP contribution in [0.4, 0.5) is 0 Å². The largest absolute Gasteiger partial charge is 0.338 e. The van der Waals surface area contributed by atoms with E-state index in [0.717, 1.165) is 31.4 Å². The normalized spacial score (nSPS) is 21.4. The Morgan fingerprint density at radius 3 is 2.76 bits per heavy atom. The van der Waals surface area contributed by atoms with E-state index >= 15 is 0 Å². The Hall–Kier alpha value is -0.780. The van der Waals surface area contributed by atoms with Gasteiger partial charge in [0.25, 0.3) is 0 Å². The molecule has 1 aliphatic rings. The summed E-state index contributed by atoms with van der Waals surface area (Å²) in [7, 11) is 1.89. The van der Waals surface area contributed by atoms with Crippen molar-refractivity contribution in [3.05, 3.63) is 18.0 Å². The first-order chi connectivity index (χ1) is 9.10. The van der Waals surface area contributed by atoms with Gasteiger partial charge in [-0.05, 0) is 30.7 Å². The first-order valence-corrected chi connectivity index (χ1v) is 7.07. The summed E-state index contributed by atoms with van der Waals surface area (Å²) in [6.45, 7) is 3.66. The van der Waals surface area contributed by atoms with Gasteiger partial charge in [0.1, 0.15) is 0 Å². The number of carbonyl (C=O) groups is 1. The van der Waals surface area contributed by atoms with Gasteiger partial charge < -0.3 is 10.6 Å². The smallest absolute Gasteiger partial charge is 0.223 e. The molecule has 1 aromatic rings. The lowest BCUT2D eigenvalue weighted by atomic mass is 9.92. The van der Waals surface area contributed by atoms with Crippen LogP contribution in [0.15, 0.2) is 12.4 Å². The van der Waals surface area contributed by atoms with E-state index in [9.17, 15) is 4.79 Å². The van der Waals surface area contributed by atoms with E-state index in [1.54, 1.807) is 4.68 Å². The zero-order chi connectivity index (χ0) is 13.8. The number of halogens is 2. The van der Waals surface area contributed by atoms with Crippen LogP contribution in [-0.2, 0) is 18.3 Å². The molecule has 2 rings (SSSR count). The molecule has 2 unspecified atom stereocenters. The van der Waals surface area contributed by atoms with E-state index in [2.05, 4.69) is 12.0 Å². The number of amides is 1. The summed E-state index contributed by atoms with van der Waals surface area (Å²) < 4.78 is 1.77. The highest BCUT2D eigenvalue weighted by molar-refractivity contribution is 5.85. The molecular weight excluding hydrogens is 311 g/mol. The van der Waals surface area contributed by atoms with E-state index in [1.807, 2.05) is 24.3 Å². The summed E-state index contributed by atoms with van der Waals surface area (Å²) in [6, 6.07) is 0.227. The number of likely N-dealkylation sites (tertiary alicyclic amines) is 1. The van der Waals surface area contributed by atoms with Crippen LogP contribution in [0.3, 0.4) is 0 Å². The van der Waals surface area contributed by atoms with Crippen molar-refractivity contribution in [2.45, 2.75) is 38.6 Å². The molecule has 0 radical (unpaired) electrons. The molecule has 0 spiro atoms. The molecule has 1 aliphatic heterocycles. The van der Waals surface area contributed by atoms with Gasteiger partial charge >= 0.3 is 0 Å². The zero-order valence-corrected chi connectivity index (χ0v) is 14.3. The molecule has 5 nitrogen and oxygen atoms in total. The Morgan fingerprint density at radius 2 is 2.19 bits per heavy atom. The predicted octanol–water partition coefficient (Wildman–Crippen LogP) is 1.78. The number of piperidine rings is 1. The average molecular weight is 337 g/mol. The maximum Gasteiger partial charge on any atom is 0.223 e. The summed E-state index contributed by atoms with van der Waals surface area (Å²) in [4.78, 5) is 14.3. The molecule has 2 N–H and O–H groups in total. The number of aromatic nitrogens is 2. The molecule has 2 heterocycles. The standard InChI is InChI=1S/C14H24N4O.2ClH/c1-11-5-6-18(13(7-11)8-15)14(19)4-3-12-9-16-17(2)10-12;;/h9-11,13H,3-8,15H2,1-2H3;2*1H. The van der Waals surface area contributed by atoms with Crippen molar-refractivity contribution in [1.82, 2.24) is 14.7 Å². The number of nitrogens with two attached hydrogens (primary N) is 1. The number of rotatable bonds is 4. The molecular formula is C14H26Cl2N4O. The van der Waals surface area contributed by atoms with Gasteiger partial charge in [0.2, 0.25) is 5.91 Å². The van der Waals surface area contributed by atoms with E-state index in [0.29, 0.717) is 18.9 Å². The average Bonchev–Trinajstić information content (AvgIpc) is 2.81. The van der Waals surface area contributed by atoms with Crippen molar-refractivity contribution in [2.75, 3.05) is 13.1 Å². The SMILES string of the molecule is CC1CCN(C(=O)CCc2cnn(C)c2)C(CN)C1.Cl.Cl. The third-order valence-electron chi connectivity index (χ3n) is 3.96. The van der Waals surface area contributed by atoms with Crippen LogP contribution in [0.2, 0.25) is 0 Å². The third-order valence-corrected chi connectivity index (χ3v) is 3.96. The molecule has 1 amide bonds. The molecule has 0 aliphatic carbocycles. The summed E-state index contributed by atoms with van der Waals surface area (Å²) in [5.41, 5.74) is 6.91. The summed E-state index contributed by atoms with van der Waals surface area (Å²) in [5.74, 6) is 0.905. The quantitative estimate of drug-likeness (QED) is 0.911. The van der Waals surface area contributed by atoms with Gasteiger partial charge in [-0.1, -0.05) is 6.92 Å². The van der Waals surface area contributed by atoms with E-state index in [1.165, 1.54) is 0 Å². The molecule has 7 heteroatoms. The molecule has 122 valence electrons. The van der Waals surface area contributed by atoms with Crippen molar-refractivity contribution < 1.29 is 4.79 Å². The summed E-state index contributed by atoms with van der Waals surface area (Å²) in [5, 5.41) is 4.12. The van der Waals surface area contributed by atoms with Gasteiger partial charge in [-0.2, -0.15) is 5.10 Å². The highest BCUT2D eigenvalue weighted by Crippen LogP contribution is 2.22. The van der Waals surface area contributed by atoms with E-state index < -0.39 is 0 Å². The monoisotopic (exact) mass is 336 g/mol. The van der Waals surface area contributed by atoms with Crippen LogP contribution in [0, 0.1) is 5.92 Å². The van der Waals surface area contributed by atoms with Gasteiger partial charge in [0, 0.05) is 38.8 Å². The lowest BCUT2D eigenvalue weighted by molar-refractivity contribution is -0.135. The number of hydrogen-bond acceptors (Lipinski definition) is 3. The Balaban J connectivity index is 0.00000200. The minimum absolute atomic E-state index is 0. The van der Waals surface area contributed by atoms with Gasteiger partial charge in [-0.25, -0.2) is 0 Å². The lowest BCUT2D eigenvalue weighted by Crippen LogP contribution is -2.49. The van der Waals surface area contributed by atoms with Crippen molar-refractivity contribution in [1.29, 1.82) is 0 Å². The lowest BCUT2D eigenvalue weighted by Gasteiger charge is -2.38. The van der Waals surface area contributed by atoms with E-state index in [4.69, 9.17) is 5.73 Å². The highest BCUT2D eigenvalue weighted by atomic mass is 35.5. The molecule has 0 bridgehead atoms. The maximum atomic E-state index is 12.3. The second-order valence-corrected chi connectivity index (χ2v) is 5.63. The molecule has 2 atom stereocenters. The fourth-order valence-corrected chi connectivity index (χ4v) is 2.80. The van der Waals surface area contributed by atoms with Gasteiger partial charge in [0.15, 0.2) is 0 Å². The van der Waals surface area contributed by atoms with Crippen LogP contribution in [0.5, 0.6) is 0 Å². The number of nitrogens with zero attached hydrogens (tertiary/aromatic N) is 3. The first-order valence-electron chi connectivity index (χ1n) is 7.07. The fraction of sp³-hybridized carbons (Fsp3) is 0.714. The van der Waals surface area contributed by atoms with E-state index in [-0.39, 0.29) is 36.8 Å². The second kappa shape index (κ2) is 9.28. The highest BCUT2D eigenvalue weighted by Gasteiger charge is 2.28. The number of hydrogen-bond donors (Lipinski definition) is 1. The second-order valence-electron chi connectivity index (χ2n) is 5.63. The van der Waals surface area contributed by atoms with Crippen molar-refractivity contribution >= 4 is 30.7 Å². The maximum absolute atomic E-state index is 12.3. The van der Waals surface area contributed by atoms with Crippen LogP contribution >= 0.6 is 24.8 Å². The summed E-state index contributed by atoms with van der Waals surface area (Å²) >= 11 is 0. The predicted molar refractivity (Wildman–Crippen MR) is 89.0 cm³/mol. The van der Waals surface area contributed by atoms with Crippen LogP contribution < -0.4 is 5.73 Å². The fourth-order valence-electron chi connectivity index (χ4n) is 2.80. The topological polar surface area (TPSA) is 64.2 Å². The van der Waals surface area contributed by atoms with Gasteiger partial charge in [-0.15, -0.1) is 24.8 Å². The third kappa shape index (κ3) is 5.49. The minimum Gasteiger partial charge on any atom is -0.338 e. The van der Waals surface area contributed by atoms with Crippen molar-refractivity contribution in [3.8, 4) is 0 Å². The molecule has 1 fully saturated rings. The van der Waals surface area contributed by atoms with Gasteiger partial charge in [0.05, 0.1) is 6.20 Å². The Labute approximate surface area is 139 Å². The zero-order valence-electron chi connectivity index (χ0n) is 12.7. The number of aryl methyl sites for hydroxylation is 2. The van der Waals surface area contributed by atoms with Gasteiger partial charge in [-0.3, -0.25) is 9.48 Å². The minimum atomic E-state index is 0. The Bertz CT molecular complexity index is 438. The first kappa shape index (κ1) is 20.2. The number of carbonyl (C=O) groups excluding carboxylic acids is 1. The van der Waals surface area contributed by atoms with Crippen molar-refractivity contribution in [2.24, 2.45) is 18.7 Å². The summed E-state index contributed by atoms with van der Waals surface area (Å²) in [6.07, 6.45) is 7.23. The van der Waals surface area contributed by atoms with Crippen molar-refractivity contribution in [3.63, 3.8) is 0 Å². The Morgan fingerprint density at radius 1 is 1.48 bits per heavy atom. The van der Waals surface area contributed by atoms with Crippen LogP contribution in [-0.4, -0.2) is 39.7 Å². The molecule has 21 heavy (non-hydrogen) atoms. The molecule has 1 saturated heterocycles. The molecule has 1 aromatic heterocycles. The molecule has 0 aromatic carbocycles. The Kier molecular flexibility index (Phi) is 8.94. The molecule has 0 saturated carbocycles. The van der Waals surface area contributed by atoms with Crippen LogP contribution in [0.1, 0.15) is 31.7 Å². The van der Waals surface area contributed by atoms with Crippen LogP contribution in [0.25, 0.3) is 0 Å².